The van der Waals surface area contributed by atoms with Crippen molar-refractivity contribution in [3.63, 3.8) is 0 Å². The number of halogens is 3. The number of nitrogens with one attached hydrogen (secondary N) is 1. The summed E-state index contributed by atoms with van der Waals surface area (Å²) in [7, 11) is 1.51. The van der Waals surface area contributed by atoms with Gasteiger partial charge in [0.05, 0.1) is 0 Å². The predicted molar refractivity (Wildman–Crippen MR) is 73.2 cm³/mol. The Labute approximate surface area is 122 Å². The van der Waals surface area contributed by atoms with Gasteiger partial charge in [-0.1, -0.05) is 13.8 Å². The van der Waals surface area contributed by atoms with E-state index in [0.29, 0.717) is 0 Å². The molecule has 0 radical (unpaired) electrons. The first-order valence-electron chi connectivity index (χ1n) is 7.00. The van der Waals surface area contributed by atoms with Gasteiger partial charge in [0.15, 0.2) is 0 Å². The molecule has 0 aliphatic heterocycles. The molecule has 0 unspecified atom stereocenters. The zero-order valence-corrected chi connectivity index (χ0v) is 12.4. The van der Waals surface area contributed by atoms with E-state index in [9.17, 15) is 13.2 Å². The Morgan fingerprint density at radius 1 is 1.24 bits per heavy atom. The van der Waals surface area contributed by atoms with Crippen molar-refractivity contribution in [2.24, 2.45) is 5.41 Å². The fourth-order valence-corrected chi connectivity index (χ4v) is 2.40. The molecule has 0 bridgehead atoms. The molecule has 1 N–H and O–H groups in total. The van der Waals surface area contributed by atoms with Crippen LogP contribution in [-0.4, -0.2) is 23.1 Å². The third-order valence-electron chi connectivity index (χ3n) is 3.79. The summed E-state index contributed by atoms with van der Waals surface area (Å²) in [6.45, 7) is 4.38. The number of hydrogen-bond acceptors (Lipinski definition) is 4. The third kappa shape index (κ3) is 4.22. The average molecular weight is 303 g/mol. The second-order valence-electron chi connectivity index (χ2n) is 6.14. The molecule has 4 nitrogen and oxygen atoms in total. The van der Waals surface area contributed by atoms with Gasteiger partial charge in [0.1, 0.15) is 11.9 Å². The molecule has 1 heterocycles. The number of alkyl halides is 3. The lowest BCUT2D eigenvalue weighted by atomic mass is 9.76. The van der Waals surface area contributed by atoms with Gasteiger partial charge in [0, 0.05) is 13.1 Å². The molecule has 1 fully saturated rings. The highest BCUT2D eigenvalue weighted by atomic mass is 19.4. The smallest absolute Gasteiger partial charge is 0.451 e. The highest BCUT2D eigenvalue weighted by molar-refractivity contribution is 5.38. The minimum Gasteiger partial charge on any atom is -0.474 e. The van der Waals surface area contributed by atoms with Gasteiger partial charge in [-0.2, -0.15) is 18.2 Å². The molecule has 1 aromatic heterocycles. The van der Waals surface area contributed by atoms with Crippen molar-refractivity contribution in [2.45, 2.75) is 51.8 Å². The Morgan fingerprint density at radius 3 is 2.38 bits per heavy atom. The Hall–Kier alpha value is -1.53. The molecule has 2 rings (SSSR count). The summed E-state index contributed by atoms with van der Waals surface area (Å²) in [4.78, 5) is 6.90. The van der Waals surface area contributed by atoms with Gasteiger partial charge < -0.3 is 10.1 Å². The van der Waals surface area contributed by atoms with E-state index in [1.54, 1.807) is 0 Å². The van der Waals surface area contributed by atoms with Gasteiger partial charge in [-0.05, 0) is 31.1 Å². The predicted octanol–water partition coefficient (Wildman–Crippen LogP) is 3.88. The van der Waals surface area contributed by atoms with Gasteiger partial charge >= 0.3 is 6.18 Å². The van der Waals surface area contributed by atoms with Gasteiger partial charge in [0.25, 0.3) is 0 Å². The Balaban J connectivity index is 2.13. The topological polar surface area (TPSA) is 47.0 Å². The summed E-state index contributed by atoms with van der Waals surface area (Å²) in [5, 5.41) is 2.60. The largest absolute Gasteiger partial charge is 0.474 e. The molecular weight excluding hydrogens is 283 g/mol. The zero-order chi connectivity index (χ0) is 15.7. The van der Waals surface area contributed by atoms with Crippen molar-refractivity contribution in [1.82, 2.24) is 9.97 Å². The summed E-state index contributed by atoms with van der Waals surface area (Å²) in [6, 6.07) is 1.40. The summed E-state index contributed by atoms with van der Waals surface area (Å²) in [5.41, 5.74) is 0.277. The molecule has 1 aromatic rings. The van der Waals surface area contributed by atoms with Gasteiger partial charge in [-0.3, -0.25) is 0 Å². The summed E-state index contributed by atoms with van der Waals surface area (Å²) < 4.78 is 43.9. The summed E-state index contributed by atoms with van der Waals surface area (Å²) in [6.07, 6.45) is -1.03. The van der Waals surface area contributed by atoms with E-state index in [2.05, 4.69) is 29.1 Å². The van der Waals surface area contributed by atoms with Gasteiger partial charge in [-0.15, -0.1) is 0 Å². The number of ether oxygens (including phenoxy) is 1. The molecule has 0 atom stereocenters. The molecule has 7 heteroatoms. The molecule has 1 aliphatic rings. The van der Waals surface area contributed by atoms with Crippen molar-refractivity contribution >= 4 is 5.82 Å². The fourth-order valence-electron chi connectivity index (χ4n) is 2.40. The second-order valence-corrected chi connectivity index (χ2v) is 6.14. The van der Waals surface area contributed by atoms with Gasteiger partial charge in [-0.25, -0.2) is 4.98 Å². The maximum absolute atomic E-state index is 12.8. The van der Waals surface area contributed by atoms with E-state index >= 15 is 0 Å². The second kappa shape index (κ2) is 5.69. The number of anilines is 1. The van der Waals surface area contributed by atoms with Crippen LogP contribution in [0.25, 0.3) is 0 Å². The van der Waals surface area contributed by atoms with Crippen LogP contribution in [0.4, 0.5) is 19.0 Å². The number of hydrogen-bond donors (Lipinski definition) is 1. The highest BCUT2D eigenvalue weighted by Crippen LogP contribution is 2.37. The molecule has 0 saturated heterocycles. The van der Waals surface area contributed by atoms with Crippen LogP contribution in [0.2, 0.25) is 0 Å². The third-order valence-corrected chi connectivity index (χ3v) is 3.79. The van der Waals surface area contributed by atoms with Crippen molar-refractivity contribution in [3.05, 3.63) is 11.9 Å². The Bertz CT molecular complexity index is 493. The van der Waals surface area contributed by atoms with Crippen LogP contribution in [-0.2, 0) is 6.18 Å². The lowest BCUT2D eigenvalue weighted by Crippen LogP contribution is -2.29. The van der Waals surface area contributed by atoms with E-state index in [4.69, 9.17) is 4.74 Å². The first-order valence-corrected chi connectivity index (χ1v) is 7.00. The minimum atomic E-state index is -4.58. The highest BCUT2D eigenvalue weighted by Gasteiger charge is 2.36. The van der Waals surface area contributed by atoms with E-state index in [-0.39, 0.29) is 23.2 Å². The van der Waals surface area contributed by atoms with Crippen LogP contribution in [0, 0.1) is 5.41 Å². The normalized spacial score (nSPS) is 19.3. The lowest BCUT2D eigenvalue weighted by molar-refractivity contribution is -0.145. The van der Waals surface area contributed by atoms with Gasteiger partial charge in [0.2, 0.25) is 11.7 Å². The van der Waals surface area contributed by atoms with Crippen molar-refractivity contribution < 1.29 is 17.9 Å². The quantitative estimate of drug-likeness (QED) is 0.920. The molecule has 0 amide bonds. The lowest BCUT2D eigenvalue weighted by Gasteiger charge is -2.34. The monoisotopic (exact) mass is 303 g/mol. The van der Waals surface area contributed by atoms with Crippen LogP contribution in [0.15, 0.2) is 6.07 Å². The van der Waals surface area contributed by atoms with Crippen LogP contribution in [0.3, 0.4) is 0 Å². The van der Waals surface area contributed by atoms with Crippen molar-refractivity contribution in [3.8, 4) is 5.88 Å². The molecule has 1 aliphatic carbocycles. The molecule has 0 spiro atoms. The number of aromatic nitrogens is 2. The maximum atomic E-state index is 12.8. The molecule has 0 aromatic carbocycles. The van der Waals surface area contributed by atoms with E-state index < -0.39 is 12.0 Å². The average Bonchev–Trinajstić information content (AvgIpc) is 2.40. The molecular formula is C14H20F3N3O. The van der Waals surface area contributed by atoms with Crippen LogP contribution >= 0.6 is 0 Å². The van der Waals surface area contributed by atoms with E-state index in [1.807, 2.05) is 0 Å². The van der Waals surface area contributed by atoms with Crippen LogP contribution in [0.5, 0.6) is 5.88 Å². The zero-order valence-electron chi connectivity index (χ0n) is 12.4. The number of rotatable bonds is 3. The first-order chi connectivity index (χ1) is 9.69. The molecule has 1 saturated carbocycles. The van der Waals surface area contributed by atoms with Crippen LogP contribution in [0.1, 0.15) is 45.4 Å². The SMILES string of the molecule is CNc1cc(OC2CCC(C)(C)CC2)nc(C(F)(F)F)n1. The standard InChI is InChI=1S/C14H20F3N3O/c1-13(2)6-4-9(5-7-13)21-11-8-10(18-3)19-12(20-11)14(15,16)17/h8-9H,4-7H2,1-3H3,(H,18,19,20). The molecule has 21 heavy (non-hydrogen) atoms. The van der Waals surface area contributed by atoms with Crippen molar-refractivity contribution in [1.29, 1.82) is 0 Å². The maximum Gasteiger partial charge on any atom is 0.451 e. The first kappa shape index (κ1) is 15.9. The number of nitrogens with zero attached hydrogens (tertiary/aromatic N) is 2. The summed E-state index contributed by atoms with van der Waals surface area (Å²) in [5.74, 6) is -1.10. The van der Waals surface area contributed by atoms with E-state index in [0.717, 1.165) is 25.7 Å². The fraction of sp³-hybridized carbons (Fsp3) is 0.714. The molecule has 118 valence electrons. The Kier molecular flexibility index (Phi) is 4.30. The Morgan fingerprint density at radius 2 is 1.86 bits per heavy atom. The minimum absolute atomic E-state index is 0.0219. The van der Waals surface area contributed by atoms with E-state index in [1.165, 1.54) is 13.1 Å². The van der Waals surface area contributed by atoms with Crippen molar-refractivity contribution in [2.75, 3.05) is 12.4 Å². The summed E-state index contributed by atoms with van der Waals surface area (Å²) >= 11 is 0. The van der Waals surface area contributed by atoms with Crippen LogP contribution < -0.4 is 10.1 Å².